The molecule has 0 amide bonds. The van der Waals surface area contributed by atoms with Gasteiger partial charge in [-0.25, -0.2) is 19.9 Å². The van der Waals surface area contributed by atoms with E-state index in [9.17, 15) is 20.4 Å². The van der Waals surface area contributed by atoms with Crippen LogP contribution >= 0.6 is 45.3 Å². The molecule has 744 valence electrons. The largest absolute Gasteiger partial charge is 0.507 e. The molecule has 0 aliphatic heterocycles. The fraction of sp³-hybridized carbons (Fsp3) is 0.125. The first kappa shape index (κ1) is 106. The number of aromatic hydroxyl groups is 4. The molecule has 0 saturated carbocycles. The van der Waals surface area contributed by atoms with Gasteiger partial charge in [0, 0.05) is 151 Å². The van der Waals surface area contributed by atoms with E-state index in [1.165, 1.54) is 22.3 Å². The Balaban J connectivity index is 0.000000134. The molecule has 0 radical (unpaired) electrons. The Morgan fingerprint density at radius 1 is 0.216 bits per heavy atom. The molecule has 0 atom stereocenters. The molecule has 0 aliphatic carbocycles. The van der Waals surface area contributed by atoms with Gasteiger partial charge in [-0.15, -0.1) is 164 Å². The molecule has 0 aliphatic rings. The molecular formula is C128H100N8O4Pt4S4-4. The summed E-state index contributed by atoms with van der Waals surface area (Å²) in [5, 5.41) is 54.0. The molecular weight excluding hydrogens is 2620 g/mol. The standard InChI is InChI=1S/C36H33N2OS.2C32H25N2OS.C28H17N2OS.4Pt/c1-35(2,3)25-18-23(17-24(19-25)32-27-12-8-7-11-22(27)15-16-37-32)29-20-26(36(4,5)6)21-31-33(29)38-34(40-31)28-13-9-10-14-30(28)39;1-32(2,3)24-17-26(30-29(18-24)36-31(34-30)25-13-6-7-14-28(25)35)21-11-8-12-22(15-21)27-16-20-9-4-5-10-23(20)19-33-27;1-32(2,3)24-16-22(15-23(17-24)27-18-20-9-4-5-10-21(20)19-33-27)25-12-8-14-29-30(25)34-31(36-29)26-11-6-7-13-28(26)35;31-24-13-4-3-11-23(24)28-30-27-22(12-6-14-25(27)32-28)19-8-5-9-20(17-19)26-21-10-2-1-7-18(21)15-16-29-26;;;;/h7-16,18-21,39H,1-6H3;2*4-14,16-19,35H,1-3H3;1-16,31H;;;;/q4*-1;;;;. The number of phenolic OH excluding ortho intramolecular Hbond substituents is 4. The summed E-state index contributed by atoms with van der Waals surface area (Å²) in [4.78, 5) is 39.0. The first-order valence-electron chi connectivity index (χ1n) is 47.9. The molecule has 16 aromatic carbocycles. The third kappa shape index (κ3) is 22.4. The van der Waals surface area contributed by atoms with Crippen molar-refractivity contribution in [1.29, 1.82) is 0 Å². The molecule has 0 saturated heterocycles. The van der Waals surface area contributed by atoms with Crippen LogP contribution < -0.4 is 0 Å². The zero-order valence-electron chi connectivity index (χ0n) is 82.9. The summed E-state index contributed by atoms with van der Waals surface area (Å²) in [6, 6.07) is 128. The van der Waals surface area contributed by atoms with E-state index in [1.807, 2.05) is 152 Å². The van der Waals surface area contributed by atoms with Gasteiger partial charge in [-0.3, -0.25) is 19.9 Å². The minimum absolute atomic E-state index is 0. The molecule has 12 nitrogen and oxygen atoms in total. The van der Waals surface area contributed by atoms with Gasteiger partial charge >= 0.3 is 0 Å². The van der Waals surface area contributed by atoms with Crippen molar-refractivity contribution in [3.05, 3.63) is 411 Å². The Morgan fingerprint density at radius 2 is 0.500 bits per heavy atom. The number of hydrogen-bond donors (Lipinski definition) is 4. The van der Waals surface area contributed by atoms with Crippen molar-refractivity contribution in [2.24, 2.45) is 0 Å². The minimum atomic E-state index is -0.0764. The van der Waals surface area contributed by atoms with Crippen molar-refractivity contribution in [2.75, 3.05) is 0 Å². The van der Waals surface area contributed by atoms with Gasteiger partial charge < -0.3 is 20.4 Å². The number of para-hydroxylation sites is 6. The molecule has 0 unspecified atom stereocenters. The second-order valence-electron chi connectivity index (χ2n) is 40.1. The number of pyridine rings is 4. The van der Waals surface area contributed by atoms with Crippen molar-refractivity contribution in [3.8, 4) is 155 Å². The molecule has 24 rings (SSSR count). The average Bonchev–Trinajstić information content (AvgIpc) is 1.49. The van der Waals surface area contributed by atoms with Crippen molar-refractivity contribution in [1.82, 2.24) is 39.9 Å². The van der Waals surface area contributed by atoms with E-state index in [0.717, 1.165) is 216 Å². The topological polar surface area (TPSA) is 184 Å². The molecule has 148 heavy (non-hydrogen) atoms. The van der Waals surface area contributed by atoms with Crippen molar-refractivity contribution >= 4 is 129 Å². The number of fused-ring (bicyclic) bond motifs is 8. The number of thiazole rings is 4. The maximum atomic E-state index is 10.6. The van der Waals surface area contributed by atoms with Gasteiger partial charge in [0.1, 0.15) is 43.0 Å². The average molecular weight is 2720 g/mol. The van der Waals surface area contributed by atoms with E-state index in [2.05, 4.69) is 300 Å². The number of nitrogens with zero attached hydrogens (tertiary/aromatic N) is 8. The van der Waals surface area contributed by atoms with Gasteiger partial charge in [-0.2, -0.15) is 0 Å². The Hall–Kier alpha value is -13.3. The number of benzene rings is 16. The summed E-state index contributed by atoms with van der Waals surface area (Å²) in [6.45, 7) is 26.8. The molecule has 0 bridgehead atoms. The summed E-state index contributed by atoms with van der Waals surface area (Å²) >= 11 is 6.39. The fourth-order valence-corrected chi connectivity index (χ4v) is 22.2. The molecule has 24 aromatic rings. The number of aromatic nitrogens is 8. The van der Waals surface area contributed by atoms with E-state index in [0.29, 0.717) is 0 Å². The van der Waals surface area contributed by atoms with Crippen LogP contribution in [-0.4, -0.2) is 60.3 Å². The Labute approximate surface area is 935 Å². The van der Waals surface area contributed by atoms with E-state index >= 15 is 0 Å². The van der Waals surface area contributed by atoms with Gasteiger partial charge in [0.2, 0.25) is 0 Å². The minimum Gasteiger partial charge on any atom is -0.507 e. The molecule has 0 fully saturated rings. The van der Waals surface area contributed by atoms with Crippen molar-refractivity contribution in [2.45, 2.75) is 105 Å². The van der Waals surface area contributed by atoms with Crippen LogP contribution in [0.1, 0.15) is 105 Å². The van der Waals surface area contributed by atoms with Crippen LogP contribution in [-0.2, 0) is 106 Å². The molecule has 0 spiro atoms. The van der Waals surface area contributed by atoms with Crippen LogP contribution in [0.4, 0.5) is 0 Å². The predicted octanol–water partition coefficient (Wildman–Crippen LogP) is 34.6. The summed E-state index contributed by atoms with van der Waals surface area (Å²) in [6.07, 6.45) is 7.58. The predicted molar refractivity (Wildman–Crippen MR) is 602 cm³/mol. The van der Waals surface area contributed by atoms with Gasteiger partial charge in [-0.05, 0) is 161 Å². The quantitative estimate of drug-likeness (QED) is 0.0850. The fourth-order valence-electron chi connectivity index (χ4n) is 18.0. The third-order valence-corrected chi connectivity index (χ3v) is 30.2. The van der Waals surface area contributed by atoms with Crippen molar-refractivity contribution in [3.63, 3.8) is 0 Å². The number of rotatable bonds is 12. The van der Waals surface area contributed by atoms with Crippen LogP contribution in [0.25, 0.3) is 216 Å². The van der Waals surface area contributed by atoms with E-state index < -0.39 is 0 Å². The van der Waals surface area contributed by atoms with Gasteiger partial charge in [0.05, 0.1) is 44.3 Å². The maximum absolute atomic E-state index is 10.6. The molecule has 4 N–H and O–H groups in total. The smallest absolute Gasteiger partial charge is 0.127 e. The normalized spacial score (nSPS) is 11.5. The molecule has 8 aromatic heterocycles. The van der Waals surface area contributed by atoms with Gasteiger partial charge in [0.15, 0.2) is 0 Å². The maximum Gasteiger partial charge on any atom is 0.127 e. The summed E-state index contributed by atoms with van der Waals surface area (Å²) in [5.41, 5.74) is 27.0. The Morgan fingerprint density at radius 3 is 0.926 bits per heavy atom. The van der Waals surface area contributed by atoms with Crippen molar-refractivity contribution < 1.29 is 105 Å². The third-order valence-electron chi connectivity index (χ3n) is 26.0. The van der Waals surface area contributed by atoms with Gasteiger partial charge in [-0.1, -0.05) is 322 Å². The van der Waals surface area contributed by atoms with Crippen LogP contribution in [0.15, 0.2) is 365 Å². The Bertz CT molecular complexity index is 9070. The Kier molecular flexibility index (Phi) is 31.7. The second-order valence-corrected chi connectivity index (χ2v) is 44.3. The van der Waals surface area contributed by atoms with Gasteiger partial charge in [0.25, 0.3) is 0 Å². The SMILES string of the molecule is CC(C)(C)c1cc(-c2[c-]c(-c3cc4ccccc4cn3)ccc2)c2nc(-c3ccccc3O)sc2c1.CC(C)(C)c1cc(-c2cc3ccccc3cn2)[c-]c(-c2cccc3sc(-c4ccccc4O)nc23)c1.CC(C)(C)c1cc(-c2nccc3ccccc23)[c-]c(-c2cc(C(C)(C)C)cc3sc(-c4ccccc4O)nc23)c1.Oc1ccccc1-c1nc2c(-c3[c-]c(-c4nccc5ccccc45)ccc3)cccc2s1.[Pt].[Pt].[Pt].[Pt]. The second kappa shape index (κ2) is 44.2. The number of phenols is 4. The molecule has 20 heteroatoms. The first-order valence-corrected chi connectivity index (χ1v) is 51.2. The van der Waals surface area contributed by atoms with E-state index in [-0.39, 0.29) is 129 Å². The summed E-state index contributed by atoms with van der Waals surface area (Å²) in [7, 11) is 0. The van der Waals surface area contributed by atoms with Crippen LogP contribution in [0.5, 0.6) is 23.0 Å². The molecule has 8 heterocycles. The summed E-state index contributed by atoms with van der Waals surface area (Å²) < 4.78 is 4.34. The monoisotopic (exact) mass is 2720 g/mol. The first-order chi connectivity index (χ1) is 69.5. The number of hydrogen-bond acceptors (Lipinski definition) is 16. The van der Waals surface area contributed by atoms with Crippen LogP contribution in [0.3, 0.4) is 0 Å². The zero-order valence-corrected chi connectivity index (χ0v) is 95.3. The van der Waals surface area contributed by atoms with E-state index in [1.54, 1.807) is 69.6 Å². The van der Waals surface area contributed by atoms with Crippen LogP contribution in [0.2, 0.25) is 0 Å². The zero-order chi connectivity index (χ0) is 99.5. The van der Waals surface area contributed by atoms with Crippen LogP contribution in [0, 0.1) is 24.3 Å². The van der Waals surface area contributed by atoms with E-state index in [4.69, 9.17) is 34.9 Å². The summed E-state index contributed by atoms with van der Waals surface area (Å²) in [5.74, 6) is 0.961.